The summed E-state index contributed by atoms with van der Waals surface area (Å²) in [5.41, 5.74) is 15.4. The van der Waals surface area contributed by atoms with Gasteiger partial charge in [0, 0.05) is 22.5 Å². The first kappa shape index (κ1) is 13.9. The topological polar surface area (TPSA) is 78.3 Å². The summed E-state index contributed by atoms with van der Waals surface area (Å²) in [7, 11) is 1.62. The maximum absolute atomic E-state index is 12.5. The predicted molar refractivity (Wildman–Crippen MR) is 81.2 cm³/mol. The van der Waals surface area contributed by atoms with Crippen LogP contribution in [0.15, 0.2) is 30.3 Å². The fraction of sp³-hybridized carbons (Fsp3) is 0.188. The number of carbonyl (C=O) groups is 1. The number of benzene rings is 2. The van der Waals surface area contributed by atoms with Crippen LogP contribution in [0, 0.1) is 13.8 Å². The predicted octanol–water partition coefficient (Wildman–Crippen LogP) is 2.71. The number of ketones is 1. The van der Waals surface area contributed by atoms with Crippen LogP contribution in [0.5, 0.6) is 5.75 Å². The van der Waals surface area contributed by atoms with Gasteiger partial charge >= 0.3 is 0 Å². The van der Waals surface area contributed by atoms with E-state index in [1.807, 2.05) is 26.0 Å². The molecule has 2 aromatic rings. The minimum absolute atomic E-state index is 0.0992. The number of rotatable bonds is 3. The lowest BCUT2D eigenvalue weighted by molar-refractivity contribution is 0.103. The summed E-state index contributed by atoms with van der Waals surface area (Å²) in [5.74, 6) is 0.700. The first-order valence-corrected chi connectivity index (χ1v) is 6.28. The molecule has 0 heterocycles. The van der Waals surface area contributed by atoms with E-state index < -0.39 is 0 Å². The zero-order valence-electron chi connectivity index (χ0n) is 11.9. The van der Waals surface area contributed by atoms with E-state index in [2.05, 4.69) is 0 Å². The average Bonchev–Trinajstić information content (AvgIpc) is 2.36. The Balaban J connectivity index is 2.48. The van der Waals surface area contributed by atoms with Gasteiger partial charge in [0.15, 0.2) is 5.78 Å². The summed E-state index contributed by atoms with van der Waals surface area (Å²) >= 11 is 0. The summed E-state index contributed by atoms with van der Waals surface area (Å²) in [4.78, 5) is 12.5. The first-order chi connectivity index (χ1) is 9.42. The third-order valence-electron chi connectivity index (χ3n) is 3.17. The molecule has 0 unspecified atom stereocenters. The number of anilines is 2. The molecule has 0 aliphatic carbocycles. The van der Waals surface area contributed by atoms with E-state index in [1.54, 1.807) is 25.3 Å². The molecule has 4 N–H and O–H groups in total. The lowest BCUT2D eigenvalue weighted by Crippen LogP contribution is -2.05. The minimum atomic E-state index is -0.0992. The van der Waals surface area contributed by atoms with Crippen molar-refractivity contribution in [3.63, 3.8) is 0 Å². The van der Waals surface area contributed by atoms with Crippen LogP contribution in [0.25, 0.3) is 0 Å². The highest BCUT2D eigenvalue weighted by atomic mass is 16.5. The van der Waals surface area contributed by atoms with Gasteiger partial charge in [0.1, 0.15) is 5.75 Å². The van der Waals surface area contributed by atoms with Crippen LogP contribution in [-0.2, 0) is 0 Å². The van der Waals surface area contributed by atoms with Gasteiger partial charge in [0.25, 0.3) is 0 Å². The highest BCUT2D eigenvalue weighted by Gasteiger charge is 2.14. The van der Waals surface area contributed by atoms with Gasteiger partial charge in [-0.05, 0) is 55.3 Å². The lowest BCUT2D eigenvalue weighted by atomic mass is 9.98. The fourth-order valence-electron chi connectivity index (χ4n) is 2.38. The standard InChI is InChI=1S/C16H18N2O2/c1-9-4-11(5-10(2)16(9)20-3)15(19)12-6-13(17)8-14(18)7-12/h4-8H,17-18H2,1-3H3. The van der Waals surface area contributed by atoms with Crippen molar-refractivity contribution in [2.45, 2.75) is 13.8 Å². The van der Waals surface area contributed by atoms with Crippen LogP contribution in [0.4, 0.5) is 11.4 Å². The Hall–Kier alpha value is -2.49. The van der Waals surface area contributed by atoms with Crippen molar-refractivity contribution in [1.82, 2.24) is 0 Å². The molecule has 0 amide bonds. The normalized spacial score (nSPS) is 10.3. The third kappa shape index (κ3) is 2.59. The zero-order chi connectivity index (χ0) is 14.9. The van der Waals surface area contributed by atoms with Gasteiger partial charge in [0.2, 0.25) is 0 Å². The number of methoxy groups -OCH3 is 1. The van der Waals surface area contributed by atoms with Crippen LogP contribution >= 0.6 is 0 Å². The first-order valence-electron chi connectivity index (χ1n) is 6.28. The number of carbonyl (C=O) groups excluding carboxylic acids is 1. The molecule has 0 atom stereocenters. The SMILES string of the molecule is COc1c(C)cc(C(=O)c2cc(N)cc(N)c2)cc1C. The number of nitrogens with two attached hydrogens (primary N) is 2. The van der Waals surface area contributed by atoms with Crippen LogP contribution < -0.4 is 16.2 Å². The van der Waals surface area contributed by atoms with Crippen molar-refractivity contribution in [3.8, 4) is 5.75 Å². The molecule has 0 radical (unpaired) electrons. The second kappa shape index (κ2) is 5.25. The molecule has 0 aromatic heterocycles. The summed E-state index contributed by atoms with van der Waals surface area (Å²) in [6, 6.07) is 8.52. The molecule has 2 rings (SSSR count). The van der Waals surface area contributed by atoms with Gasteiger partial charge in [-0.2, -0.15) is 0 Å². The van der Waals surface area contributed by atoms with Gasteiger partial charge in [0.05, 0.1) is 7.11 Å². The molecule has 0 aliphatic heterocycles. The Bertz CT molecular complexity index is 635. The molecule has 0 spiro atoms. The number of nitrogen functional groups attached to an aromatic ring is 2. The molecule has 4 nitrogen and oxygen atoms in total. The summed E-state index contributed by atoms with van der Waals surface area (Å²) in [5, 5.41) is 0. The van der Waals surface area contributed by atoms with Gasteiger partial charge in [-0.3, -0.25) is 4.79 Å². The quantitative estimate of drug-likeness (QED) is 0.664. The number of hydrogen-bond acceptors (Lipinski definition) is 4. The number of hydrogen-bond donors (Lipinski definition) is 2. The van der Waals surface area contributed by atoms with Crippen LogP contribution in [0.1, 0.15) is 27.0 Å². The Morgan fingerprint density at radius 3 is 1.80 bits per heavy atom. The van der Waals surface area contributed by atoms with Gasteiger partial charge in [-0.15, -0.1) is 0 Å². The number of ether oxygens (including phenoxy) is 1. The Morgan fingerprint density at radius 2 is 1.35 bits per heavy atom. The maximum Gasteiger partial charge on any atom is 0.193 e. The second-order valence-corrected chi connectivity index (χ2v) is 4.86. The largest absolute Gasteiger partial charge is 0.496 e. The molecular formula is C16H18N2O2. The highest BCUT2D eigenvalue weighted by molar-refractivity contribution is 6.10. The summed E-state index contributed by atoms with van der Waals surface area (Å²) in [6.07, 6.45) is 0. The molecule has 4 heteroatoms. The van der Waals surface area contributed by atoms with E-state index >= 15 is 0 Å². The van der Waals surface area contributed by atoms with E-state index in [-0.39, 0.29) is 5.78 Å². The van der Waals surface area contributed by atoms with Gasteiger partial charge < -0.3 is 16.2 Å². The number of aryl methyl sites for hydroxylation is 2. The molecule has 104 valence electrons. The Labute approximate surface area is 118 Å². The fourth-order valence-corrected chi connectivity index (χ4v) is 2.38. The molecule has 0 bridgehead atoms. The highest BCUT2D eigenvalue weighted by Crippen LogP contribution is 2.26. The molecular weight excluding hydrogens is 252 g/mol. The molecule has 0 aliphatic rings. The van der Waals surface area contributed by atoms with Gasteiger partial charge in [-0.25, -0.2) is 0 Å². The zero-order valence-corrected chi connectivity index (χ0v) is 11.9. The summed E-state index contributed by atoms with van der Waals surface area (Å²) < 4.78 is 5.30. The van der Waals surface area contributed by atoms with Crippen molar-refractivity contribution in [2.75, 3.05) is 18.6 Å². The molecule has 2 aromatic carbocycles. The van der Waals surface area contributed by atoms with E-state index in [4.69, 9.17) is 16.2 Å². The van der Waals surface area contributed by atoms with E-state index in [9.17, 15) is 4.79 Å². The van der Waals surface area contributed by atoms with Crippen molar-refractivity contribution >= 4 is 17.2 Å². The van der Waals surface area contributed by atoms with E-state index in [0.29, 0.717) is 22.5 Å². The van der Waals surface area contributed by atoms with Crippen LogP contribution in [0.3, 0.4) is 0 Å². The monoisotopic (exact) mass is 270 g/mol. The minimum Gasteiger partial charge on any atom is -0.496 e. The van der Waals surface area contributed by atoms with Crippen molar-refractivity contribution in [3.05, 3.63) is 52.6 Å². The van der Waals surface area contributed by atoms with Crippen LogP contribution in [-0.4, -0.2) is 12.9 Å². The van der Waals surface area contributed by atoms with Crippen LogP contribution in [0.2, 0.25) is 0 Å². The molecule has 0 saturated carbocycles. The molecule has 0 saturated heterocycles. The van der Waals surface area contributed by atoms with Crippen molar-refractivity contribution in [1.29, 1.82) is 0 Å². The van der Waals surface area contributed by atoms with Crippen molar-refractivity contribution in [2.24, 2.45) is 0 Å². The average molecular weight is 270 g/mol. The lowest BCUT2D eigenvalue weighted by Gasteiger charge is -2.11. The van der Waals surface area contributed by atoms with Gasteiger partial charge in [-0.1, -0.05) is 0 Å². The van der Waals surface area contributed by atoms with Crippen molar-refractivity contribution < 1.29 is 9.53 Å². The van der Waals surface area contributed by atoms with E-state index in [1.165, 1.54) is 0 Å². The molecule has 0 fully saturated rings. The third-order valence-corrected chi connectivity index (χ3v) is 3.17. The Kier molecular flexibility index (Phi) is 3.66. The summed E-state index contributed by atoms with van der Waals surface area (Å²) in [6.45, 7) is 3.83. The molecule has 20 heavy (non-hydrogen) atoms. The second-order valence-electron chi connectivity index (χ2n) is 4.86. The Morgan fingerprint density at radius 1 is 0.900 bits per heavy atom. The smallest absolute Gasteiger partial charge is 0.193 e. The maximum atomic E-state index is 12.5. The van der Waals surface area contributed by atoms with E-state index in [0.717, 1.165) is 16.9 Å².